The van der Waals surface area contributed by atoms with Crippen molar-refractivity contribution in [2.24, 2.45) is 0 Å². The molecule has 0 aliphatic heterocycles. The highest BCUT2D eigenvalue weighted by Gasteiger charge is 2.17. The maximum Gasteiger partial charge on any atom is 0.322 e. The van der Waals surface area contributed by atoms with E-state index in [0.717, 1.165) is 24.3 Å². The first-order chi connectivity index (χ1) is 15.1. The van der Waals surface area contributed by atoms with Crippen LogP contribution in [0.4, 0.5) is 16.2 Å². The summed E-state index contributed by atoms with van der Waals surface area (Å²) in [5.74, 6) is 0.743. The average molecular weight is 423 g/mol. The largest absolute Gasteiger partial charge is 0.494 e. The molecular weight excluding hydrogens is 398 g/mol. The molecule has 2 aromatic carbocycles. The number of amides is 2. The van der Waals surface area contributed by atoms with E-state index in [1.54, 1.807) is 17.4 Å². The molecule has 0 saturated carbocycles. The van der Waals surface area contributed by atoms with Crippen LogP contribution in [0.15, 0.2) is 67.3 Å². The Morgan fingerprint density at radius 2 is 2.00 bits per heavy atom. The SMILES string of the molecule is CCOc1ccccc1CN(CCCn1ccnc1)C(=O)Nc1ccc([N+](=O)[O-])cc1. The van der Waals surface area contributed by atoms with Crippen LogP contribution in [0.5, 0.6) is 5.75 Å². The Labute approximate surface area is 180 Å². The zero-order valence-corrected chi connectivity index (χ0v) is 17.3. The van der Waals surface area contributed by atoms with Crippen LogP contribution < -0.4 is 10.1 Å². The van der Waals surface area contributed by atoms with Crippen molar-refractivity contribution in [3.8, 4) is 5.75 Å². The Kier molecular flexibility index (Phi) is 7.58. The standard InChI is InChI=1S/C22H25N5O4/c1-2-31-21-7-4-3-6-18(21)16-26(14-5-13-25-15-12-23-17-25)22(28)24-19-8-10-20(11-9-19)27(29)30/h3-4,6-12,15,17H,2,5,13-14,16H2,1H3,(H,24,28). The van der Waals surface area contributed by atoms with Gasteiger partial charge in [-0.2, -0.15) is 0 Å². The van der Waals surface area contributed by atoms with Crippen molar-refractivity contribution in [3.63, 3.8) is 0 Å². The van der Waals surface area contributed by atoms with Gasteiger partial charge < -0.3 is 19.5 Å². The number of aromatic nitrogens is 2. The maximum atomic E-state index is 13.0. The quantitative estimate of drug-likeness (QED) is 0.387. The van der Waals surface area contributed by atoms with E-state index >= 15 is 0 Å². The number of para-hydroxylation sites is 1. The first-order valence-corrected chi connectivity index (χ1v) is 10.0. The molecular formula is C22H25N5O4. The zero-order chi connectivity index (χ0) is 22.1. The van der Waals surface area contributed by atoms with Crippen LogP contribution in [-0.2, 0) is 13.1 Å². The third-order valence-corrected chi connectivity index (χ3v) is 4.65. The summed E-state index contributed by atoms with van der Waals surface area (Å²) >= 11 is 0. The van der Waals surface area contributed by atoms with Crippen molar-refractivity contribution in [3.05, 3.63) is 82.9 Å². The number of nitro benzene ring substituents is 1. The summed E-state index contributed by atoms with van der Waals surface area (Å²) in [5.41, 5.74) is 1.37. The monoisotopic (exact) mass is 423 g/mol. The van der Waals surface area contributed by atoms with Gasteiger partial charge in [-0.1, -0.05) is 18.2 Å². The van der Waals surface area contributed by atoms with Crippen LogP contribution in [-0.4, -0.2) is 38.6 Å². The molecule has 1 heterocycles. The molecule has 1 aromatic heterocycles. The fourth-order valence-corrected chi connectivity index (χ4v) is 3.12. The van der Waals surface area contributed by atoms with Crippen LogP contribution in [0.25, 0.3) is 0 Å². The average Bonchev–Trinajstić information content (AvgIpc) is 3.28. The molecule has 0 atom stereocenters. The molecule has 2 amide bonds. The molecule has 0 radical (unpaired) electrons. The van der Waals surface area contributed by atoms with Gasteiger partial charge in [0.05, 0.1) is 24.4 Å². The lowest BCUT2D eigenvalue weighted by Crippen LogP contribution is -2.35. The molecule has 0 spiro atoms. The summed E-state index contributed by atoms with van der Waals surface area (Å²) in [6, 6.07) is 13.1. The highest BCUT2D eigenvalue weighted by atomic mass is 16.6. The highest BCUT2D eigenvalue weighted by molar-refractivity contribution is 5.89. The number of hydrogen-bond donors (Lipinski definition) is 1. The van der Waals surface area contributed by atoms with Gasteiger partial charge in [0, 0.05) is 48.9 Å². The third kappa shape index (κ3) is 6.30. The second kappa shape index (κ2) is 10.8. The van der Waals surface area contributed by atoms with Crippen LogP contribution >= 0.6 is 0 Å². The first-order valence-electron chi connectivity index (χ1n) is 10.0. The second-order valence-corrected chi connectivity index (χ2v) is 6.85. The molecule has 0 saturated heterocycles. The second-order valence-electron chi connectivity index (χ2n) is 6.85. The van der Waals surface area contributed by atoms with Crippen molar-refractivity contribution >= 4 is 17.4 Å². The molecule has 1 N–H and O–H groups in total. The minimum Gasteiger partial charge on any atom is -0.494 e. The van der Waals surface area contributed by atoms with E-state index in [1.807, 2.05) is 42.0 Å². The number of nitrogens with one attached hydrogen (secondary N) is 1. The molecule has 0 aliphatic rings. The van der Waals surface area contributed by atoms with Crippen molar-refractivity contribution in [1.29, 1.82) is 0 Å². The van der Waals surface area contributed by atoms with Gasteiger partial charge in [-0.15, -0.1) is 0 Å². The van der Waals surface area contributed by atoms with Gasteiger partial charge >= 0.3 is 6.03 Å². The fraction of sp³-hybridized carbons (Fsp3) is 0.273. The third-order valence-electron chi connectivity index (χ3n) is 4.65. The summed E-state index contributed by atoms with van der Waals surface area (Å²) < 4.78 is 7.66. The Hall–Kier alpha value is -3.88. The van der Waals surface area contributed by atoms with Crippen molar-refractivity contribution in [2.45, 2.75) is 26.4 Å². The number of urea groups is 1. The summed E-state index contributed by atoms with van der Waals surface area (Å²) in [6.07, 6.45) is 6.08. The molecule has 0 bridgehead atoms. The molecule has 0 fully saturated rings. The lowest BCUT2D eigenvalue weighted by Gasteiger charge is -2.24. The maximum absolute atomic E-state index is 13.0. The number of ether oxygens (including phenoxy) is 1. The Balaban J connectivity index is 1.72. The van der Waals surface area contributed by atoms with Crippen LogP contribution in [0.3, 0.4) is 0 Å². The van der Waals surface area contributed by atoms with E-state index in [2.05, 4.69) is 10.3 Å². The van der Waals surface area contributed by atoms with Crippen LogP contribution in [0.1, 0.15) is 18.9 Å². The highest BCUT2D eigenvalue weighted by Crippen LogP contribution is 2.21. The number of anilines is 1. The summed E-state index contributed by atoms with van der Waals surface area (Å²) in [6.45, 7) is 4.07. The van der Waals surface area contributed by atoms with Crippen molar-refractivity contribution in [2.75, 3.05) is 18.5 Å². The molecule has 3 rings (SSSR count). The minimum atomic E-state index is -0.474. The molecule has 0 aliphatic carbocycles. The van der Waals surface area contributed by atoms with E-state index in [-0.39, 0.29) is 11.7 Å². The Morgan fingerprint density at radius 3 is 2.68 bits per heavy atom. The van der Waals surface area contributed by atoms with E-state index in [1.165, 1.54) is 24.3 Å². The van der Waals surface area contributed by atoms with Crippen molar-refractivity contribution < 1.29 is 14.5 Å². The Morgan fingerprint density at radius 1 is 1.23 bits per heavy atom. The number of carbonyl (C=O) groups is 1. The van der Waals surface area contributed by atoms with Gasteiger partial charge in [0.15, 0.2) is 0 Å². The van der Waals surface area contributed by atoms with Crippen molar-refractivity contribution in [1.82, 2.24) is 14.5 Å². The lowest BCUT2D eigenvalue weighted by atomic mass is 10.2. The molecule has 31 heavy (non-hydrogen) atoms. The normalized spacial score (nSPS) is 10.5. The number of benzene rings is 2. The van der Waals surface area contributed by atoms with E-state index in [9.17, 15) is 14.9 Å². The lowest BCUT2D eigenvalue weighted by molar-refractivity contribution is -0.384. The summed E-state index contributed by atoms with van der Waals surface area (Å²) in [5, 5.41) is 13.7. The van der Waals surface area contributed by atoms with Crippen LogP contribution in [0.2, 0.25) is 0 Å². The molecule has 162 valence electrons. The topological polar surface area (TPSA) is 103 Å². The molecule has 3 aromatic rings. The van der Waals surface area contributed by atoms with Gasteiger partial charge in [-0.25, -0.2) is 9.78 Å². The predicted octanol–water partition coefficient (Wildman–Crippen LogP) is 4.31. The number of nitro groups is 1. The van der Waals surface area contributed by atoms with Gasteiger partial charge in [0.25, 0.3) is 5.69 Å². The number of hydrogen-bond acceptors (Lipinski definition) is 5. The fourth-order valence-electron chi connectivity index (χ4n) is 3.12. The predicted molar refractivity (Wildman–Crippen MR) is 117 cm³/mol. The Bertz CT molecular complexity index is 989. The van der Waals surface area contributed by atoms with Gasteiger partial charge in [-0.05, 0) is 31.5 Å². The molecule has 0 unspecified atom stereocenters. The van der Waals surface area contributed by atoms with E-state index < -0.39 is 4.92 Å². The van der Waals surface area contributed by atoms with Gasteiger partial charge in [0.2, 0.25) is 0 Å². The number of nitrogens with zero attached hydrogens (tertiary/aromatic N) is 4. The molecule has 9 nitrogen and oxygen atoms in total. The smallest absolute Gasteiger partial charge is 0.322 e. The van der Waals surface area contributed by atoms with Gasteiger partial charge in [-0.3, -0.25) is 10.1 Å². The first kappa shape index (κ1) is 21.8. The number of aryl methyl sites for hydroxylation is 1. The number of carbonyl (C=O) groups excluding carboxylic acids is 1. The number of non-ortho nitro benzene ring substituents is 1. The summed E-state index contributed by atoms with van der Waals surface area (Å²) in [7, 11) is 0. The number of imidazole rings is 1. The van der Waals surface area contributed by atoms with E-state index in [0.29, 0.717) is 25.4 Å². The molecule has 9 heteroatoms. The summed E-state index contributed by atoms with van der Waals surface area (Å²) in [4.78, 5) is 29.1. The van der Waals surface area contributed by atoms with Crippen LogP contribution in [0, 0.1) is 10.1 Å². The van der Waals surface area contributed by atoms with E-state index in [4.69, 9.17) is 4.74 Å². The minimum absolute atomic E-state index is 0.0270. The van der Waals surface area contributed by atoms with Gasteiger partial charge in [0.1, 0.15) is 5.75 Å². The zero-order valence-electron chi connectivity index (χ0n) is 17.3. The number of rotatable bonds is 10.